The van der Waals surface area contributed by atoms with Crippen molar-refractivity contribution in [3.63, 3.8) is 0 Å². The second-order valence-electron chi connectivity index (χ2n) is 3.93. The number of carbonyl (C=O) groups is 1. The van der Waals surface area contributed by atoms with Gasteiger partial charge in [-0.3, -0.25) is 4.79 Å². The number of methoxy groups -OCH3 is 1. The zero-order chi connectivity index (χ0) is 14.8. The van der Waals surface area contributed by atoms with Crippen LogP contribution in [0.15, 0.2) is 36.0 Å². The third kappa shape index (κ3) is 5.74. The van der Waals surface area contributed by atoms with Crippen LogP contribution in [0.3, 0.4) is 0 Å². The molecule has 1 aromatic rings. The van der Waals surface area contributed by atoms with Gasteiger partial charge in [-0.1, -0.05) is 17.7 Å². The molecule has 0 aliphatic carbocycles. The number of ether oxygens (including phenoxy) is 1. The second-order valence-corrected chi connectivity index (χ2v) is 4.36. The molecule has 0 aliphatic rings. The highest BCUT2D eigenvalue weighted by Crippen LogP contribution is 2.15. The Hall–Kier alpha value is -2.03. The molecule has 0 unspecified atom stereocenters. The molecular weight excluding hydrogens is 278 g/mol. The molecule has 5 nitrogen and oxygen atoms in total. The molecule has 1 rings (SSSR count). The number of rotatable bonds is 7. The lowest BCUT2D eigenvalue weighted by Crippen LogP contribution is -2.26. The first-order valence-corrected chi connectivity index (χ1v) is 6.44. The number of amides is 1. The summed E-state index contributed by atoms with van der Waals surface area (Å²) in [6, 6.07) is 8.85. The van der Waals surface area contributed by atoms with Gasteiger partial charge in [0, 0.05) is 37.2 Å². The predicted octanol–water partition coefficient (Wildman–Crippen LogP) is 2.31. The van der Waals surface area contributed by atoms with Crippen LogP contribution >= 0.6 is 11.6 Å². The summed E-state index contributed by atoms with van der Waals surface area (Å²) < 4.78 is 4.87. The van der Waals surface area contributed by atoms with E-state index >= 15 is 0 Å². The fourth-order valence-electron chi connectivity index (χ4n) is 1.40. The van der Waals surface area contributed by atoms with Gasteiger partial charge in [-0.15, -0.1) is 0 Å². The Morgan fingerprint density at radius 1 is 1.55 bits per heavy atom. The summed E-state index contributed by atoms with van der Waals surface area (Å²) in [4.78, 5) is 11.7. The topological polar surface area (TPSA) is 74.1 Å². The van der Waals surface area contributed by atoms with Crippen LogP contribution in [0, 0.1) is 11.3 Å². The van der Waals surface area contributed by atoms with Gasteiger partial charge in [0.2, 0.25) is 0 Å². The third-order valence-electron chi connectivity index (χ3n) is 2.38. The summed E-state index contributed by atoms with van der Waals surface area (Å²) in [5, 5.41) is 15.0. The molecule has 106 valence electrons. The van der Waals surface area contributed by atoms with E-state index in [1.54, 1.807) is 31.4 Å². The normalized spacial score (nSPS) is 10.8. The van der Waals surface area contributed by atoms with Crippen molar-refractivity contribution in [2.75, 3.05) is 25.6 Å². The molecule has 2 N–H and O–H groups in total. The van der Waals surface area contributed by atoms with Crippen molar-refractivity contribution < 1.29 is 9.53 Å². The smallest absolute Gasteiger partial charge is 0.263 e. The van der Waals surface area contributed by atoms with Gasteiger partial charge in [0.25, 0.3) is 5.91 Å². The predicted molar refractivity (Wildman–Crippen MR) is 78.3 cm³/mol. The summed E-state index contributed by atoms with van der Waals surface area (Å²) in [7, 11) is 1.59. The molecule has 0 saturated carbocycles. The molecule has 20 heavy (non-hydrogen) atoms. The van der Waals surface area contributed by atoms with Crippen LogP contribution < -0.4 is 10.6 Å². The molecule has 1 aromatic carbocycles. The van der Waals surface area contributed by atoms with Gasteiger partial charge in [-0.2, -0.15) is 5.26 Å². The Balaban J connectivity index is 2.54. The Morgan fingerprint density at radius 2 is 2.35 bits per heavy atom. The van der Waals surface area contributed by atoms with Gasteiger partial charge in [-0.25, -0.2) is 0 Å². The minimum Gasteiger partial charge on any atom is -0.385 e. The van der Waals surface area contributed by atoms with Gasteiger partial charge in [0.15, 0.2) is 0 Å². The van der Waals surface area contributed by atoms with Crippen LogP contribution in [-0.4, -0.2) is 26.2 Å². The molecular formula is C14H16ClN3O2. The number of hydrogen-bond acceptors (Lipinski definition) is 4. The van der Waals surface area contributed by atoms with Crippen molar-refractivity contribution in [1.29, 1.82) is 5.26 Å². The van der Waals surface area contributed by atoms with E-state index in [-0.39, 0.29) is 5.57 Å². The maximum absolute atomic E-state index is 11.7. The van der Waals surface area contributed by atoms with Gasteiger partial charge in [-0.05, 0) is 24.6 Å². The third-order valence-corrected chi connectivity index (χ3v) is 2.62. The van der Waals surface area contributed by atoms with Crippen molar-refractivity contribution in [3.05, 3.63) is 41.1 Å². The molecule has 0 aliphatic heterocycles. The average molecular weight is 294 g/mol. The maximum Gasteiger partial charge on any atom is 0.263 e. The van der Waals surface area contributed by atoms with E-state index < -0.39 is 5.91 Å². The number of nitriles is 1. The Morgan fingerprint density at radius 3 is 3.00 bits per heavy atom. The molecule has 0 saturated heterocycles. The molecule has 0 atom stereocenters. The monoisotopic (exact) mass is 293 g/mol. The Labute approximate surface area is 123 Å². The van der Waals surface area contributed by atoms with Crippen LogP contribution in [0.2, 0.25) is 5.02 Å². The minimum absolute atomic E-state index is 0.00222. The summed E-state index contributed by atoms with van der Waals surface area (Å²) in [5.74, 6) is -0.418. The fourth-order valence-corrected chi connectivity index (χ4v) is 1.59. The first-order chi connectivity index (χ1) is 9.67. The van der Waals surface area contributed by atoms with Gasteiger partial charge in [0.05, 0.1) is 0 Å². The Kier molecular flexibility index (Phi) is 7.18. The first-order valence-electron chi connectivity index (χ1n) is 6.07. The van der Waals surface area contributed by atoms with Gasteiger partial charge in [0.1, 0.15) is 11.6 Å². The lowest BCUT2D eigenvalue weighted by Gasteiger charge is -2.05. The summed E-state index contributed by atoms with van der Waals surface area (Å²) >= 11 is 5.84. The zero-order valence-electron chi connectivity index (χ0n) is 11.1. The van der Waals surface area contributed by atoms with Crippen LogP contribution in [0.1, 0.15) is 6.42 Å². The first kappa shape index (κ1) is 16.0. The van der Waals surface area contributed by atoms with Gasteiger partial charge < -0.3 is 15.4 Å². The van der Waals surface area contributed by atoms with E-state index in [1.165, 1.54) is 6.20 Å². The molecule has 0 fully saturated rings. The molecule has 0 spiro atoms. The van der Waals surface area contributed by atoms with Crippen molar-refractivity contribution >= 4 is 23.2 Å². The van der Waals surface area contributed by atoms with E-state index in [0.717, 1.165) is 0 Å². The highest BCUT2D eigenvalue weighted by atomic mass is 35.5. The summed E-state index contributed by atoms with van der Waals surface area (Å²) in [6.45, 7) is 1.02. The minimum atomic E-state index is -0.418. The molecule has 6 heteroatoms. The number of halogens is 1. The number of nitrogens with one attached hydrogen (secondary N) is 2. The highest BCUT2D eigenvalue weighted by Gasteiger charge is 2.07. The molecule has 0 heterocycles. The van der Waals surface area contributed by atoms with E-state index in [1.807, 2.05) is 6.07 Å². The van der Waals surface area contributed by atoms with Gasteiger partial charge >= 0.3 is 0 Å². The van der Waals surface area contributed by atoms with Crippen molar-refractivity contribution in [3.8, 4) is 6.07 Å². The number of benzene rings is 1. The van der Waals surface area contributed by atoms with E-state index in [9.17, 15) is 4.79 Å². The summed E-state index contributed by atoms with van der Waals surface area (Å²) in [5.41, 5.74) is 0.708. The van der Waals surface area contributed by atoms with Crippen LogP contribution in [0.25, 0.3) is 0 Å². The van der Waals surface area contributed by atoms with Crippen LogP contribution in [0.4, 0.5) is 5.69 Å². The zero-order valence-corrected chi connectivity index (χ0v) is 11.9. The largest absolute Gasteiger partial charge is 0.385 e. The highest BCUT2D eigenvalue weighted by molar-refractivity contribution is 6.30. The van der Waals surface area contributed by atoms with Crippen molar-refractivity contribution in [2.45, 2.75) is 6.42 Å². The van der Waals surface area contributed by atoms with Crippen molar-refractivity contribution in [1.82, 2.24) is 5.32 Å². The number of anilines is 1. The molecule has 0 radical (unpaired) electrons. The molecule has 0 bridgehead atoms. The van der Waals surface area contributed by atoms with Crippen molar-refractivity contribution in [2.24, 2.45) is 0 Å². The van der Waals surface area contributed by atoms with E-state index in [0.29, 0.717) is 30.3 Å². The second kappa shape index (κ2) is 8.97. The van der Waals surface area contributed by atoms with Crippen LogP contribution in [-0.2, 0) is 9.53 Å². The Bertz CT molecular complexity index is 523. The molecule has 0 aromatic heterocycles. The average Bonchev–Trinajstić information content (AvgIpc) is 2.44. The van der Waals surface area contributed by atoms with Crippen LogP contribution in [0.5, 0.6) is 0 Å². The standard InChI is InChI=1S/C14H16ClN3O2/c1-20-7-3-6-17-14(19)11(9-16)10-18-13-5-2-4-12(15)8-13/h2,4-5,8,10,18H,3,6-7H2,1H3,(H,17,19)/b11-10-. The lowest BCUT2D eigenvalue weighted by molar-refractivity contribution is -0.117. The number of carbonyl (C=O) groups excluding carboxylic acids is 1. The quantitative estimate of drug-likeness (QED) is 0.460. The lowest BCUT2D eigenvalue weighted by atomic mass is 10.2. The van der Waals surface area contributed by atoms with E-state index in [4.69, 9.17) is 21.6 Å². The SMILES string of the molecule is COCCCNC(=O)/C(C#N)=C\Nc1cccc(Cl)c1. The maximum atomic E-state index is 11.7. The van der Waals surface area contributed by atoms with E-state index in [2.05, 4.69) is 10.6 Å². The molecule has 1 amide bonds. The fraction of sp³-hybridized carbons (Fsp3) is 0.286. The number of nitrogens with zero attached hydrogens (tertiary/aromatic N) is 1. The number of hydrogen-bond donors (Lipinski definition) is 2. The summed E-state index contributed by atoms with van der Waals surface area (Å²) in [6.07, 6.45) is 2.06.